The van der Waals surface area contributed by atoms with Crippen LogP contribution >= 0.6 is 0 Å². The Balaban J connectivity index is 4.48. The third-order valence-corrected chi connectivity index (χ3v) is 9.02. The summed E-state index contributed by atoms with van der Waals surface area (Å²) in [7, 11) is 0. The number of allylic oxidation sites excluding steroid dienone is 14. The van der Waals surface area contributed by atoms with Crippen molar-refractivity contribution in [3.63, 3.8) is 0 Å². The topological polar surface area (TPSA) is 78.9 Å². The molecule has 0 aromatic rings. The van der Waals surface area contributed by atoms with Gasteiger partial charge in [-0.2, -0.15) is 0 Å². The number of unbranched alkanes of at least 4 members (excludes halogenated alkanes) is 17. The number of hydrogen-bond donors (Lipinski definition) is 0. The summed E-state index contributed by atoms with van der Waals surface area (Å²) < 4.78 is 16.6. The van der Waals surface area contributed by atoms with E-state index >= 15 is 0 Å². The van der Waals surface area contributed by atoms with E-state index in [2.05, 4.69) is 57.2 Å². The summed E-state index contributed by atoms with van der Waals surface area (Å²) in [4.78, 5) is 37.6. The number of esters is 3. The van der Waals surface area contributed by atoms with Gasteiger partial charge in [0.05, 0.1) is 0 Å². The zero-order valence-corrected chi connectivity index (χ0v) is 35.4. The molecule has 0 saturated heterocycles. The number of carbonyl (C=O) groups excluding carboxylic acids is 3. The van der Waals surface area contributed by atoms with Crippen molar-refractivity contribution in [2.45, 2.75) is 194 Å². The molecular formula is C49H80O6. The minimum absolute atomic E-state index is 0.107. The van der Waals surface area contributed by atoms with Crippen molar-refractivity contribution in [1.82, 2.24) is 0 Å². The van der Waals surface area contributed by atoms with E-state index in [1.165, 1.54) is 64.2 Å². The second-order valence-electron chi connectivity index (χ2n) is 14.3. The molecule has 0 aliphatic carbocycles. The lowest BCUT2D eigenvalue weighted by molar-refractivity contribution is -0.167. The largest absolute Gasteiger partial charge is 0.462 e. The second kappa shape index (κ2) is 43.3. The number of hydrogen-bond acceptors (Lipinski definition) is 6. The molecule has 1 unspecified atom stereocenters. The maximum atomic E-state index is 12.7. The lowest BCUT2D eigenvalue weighted by Gasteiger charge is -2.18. The predicted octanol–water partition coefficient (Wildman–Crippen LogP) is 14.1. The van der Waals surface area contributed by atoms with Gasteiger partial charge >= 0.3 is 17.9 Å². The molecule has 1 atom stereocenters. The fraction of sp³-hybridized carbons (Fsp3) is 0.653. The van der Waals surface area contributed by atoms with Gasteiger partial charge in [0.2, 0.25) is 0 Å². The van der Waals surface area contributed by atoms with Gasteiger partial charge in [0.1, 0.15) is 13.2 Å². The van der Waals surface area contributed by atoms with Gasteiger partial charge < -0.3 is 14.2 Å². The molecule has 0 N–H and O–H groups in total. The van der Waals surface area contributed by atoms with Crippen LogP contribution in [0.2, 0.25) is 0 Å². The SMILES string of the molecule is CC\C=C/C=C\C=C/C=C\C=C/CCCCCC(=O)OCC(COC(=O)CCCC/C=C\C/C=C\CC)OC(=O)CCCCCCCCCCCCCCC. The van der Waals surface area contributed by atoms with Crippen molar-refractivity contribution in [2.24, 2.45) is 0 Å². The molecule has 0 aliphatic heterocycles. The molecule has 0 saturated carbocycles. The zero-order chi connectivity index (χ0) is 40.1. The molecule has 55 heavy (non-hydrogen) atoms. The van der Waals surface area contributed by atoms with Crippen molar-refractivity contribution < 1.29 is 28.6 Å². The molecule has 0 aromatic carbocycles. The third kappa shape index (κ3) is 41.6. The van der Waals surface area contributed by atoms with Crippen molar-refractivity contribution in [1.29, 1.82) is 0 Å². The van der Waals surface area contributed by atoms with E-state index < -0.39 is 6.10 Å². The van der Waals surface area contributed by atoms with Gasteiger partial charge in [0, 0.05) is 19.3 Å². The summed E-state index contributed by atoms with van der Waals surface area (Å²) in [5.41, 5.74) is 0. The molecule has 312 valence electrons. The fourth-order valence-corrected chi connectivity index (χ4v) is 5.73. The Morgan fingerprint density at radius 3 is 1.35 bits per heavy atom. The van der Waals surface area contributed by atoms with E-state index in [-0.39, 0.29) is 31.1 Å². The Bertz CT molecular complexity index is 1110. The Hall–Kier alpha value is -3.41. The molecule has 0 radical (unpaired) electrons. The maximum Gasteiger partial charge on any atom is 0.306 e. The average Bonchev–Trinajstić information content (AvgIpc) is 3.18. The maximum absolute atomic E-state index is 12.7. The van der Waals surface area contributed by atoms with E-state index in [0.717, 1.165) is 83.5 Å². The fourth-order valence-electron chi connectivity index (χ4n) is 5.73. The summed E-state index contributed by atoms with van der Waals surface area (Å²) >= 11 is 0. The Kier molecular flexibility index (Phi) is 40.6. The van der Waals surface area contributed by atoms with Crippen LogP contribution in [0.4, 0.5) is 0 Å². The third-order valence-electron chi connectivity index (χ3n) is 9.02. The van der Waals surface area contributed by atoms with Crippen molar-refractivity contribution in [2.75, 3.05) is 13.2 Å². The highest BCUT2D eigenvalue weighted by atomic mass is 16.6. The van der Waals surface area contributed by atoms with E-state index in [0.29, 0.717) is 19.3 Å². The summed E-state index contributed by atoms with van der Waals surface area (Å²) in [6.07, 6.45) is 54.3. The van der Waals surface area contributed by atoms with Gasteiger partial charge in [-0.15, -0.1) is 0 Å². The Morgan fingerprint density at radius 2 is 0.800 bits per heavy atom. The molecule has 0 rings (SSSR count). The molecule has 6 nitrogen and oxygen atoms in total. The molecule has 6 heteroatoms. The minimum atomic E-state index is -0.802. The van der Waals surface area contributed by atoms with Crippen LogP contribution in [-0.4, -0.2) is 37.2 Å². The highest BCUT2D eigenvalue weighted by Crippen LogP contribution is 2.14. The molecule has 0 bridgehead atoms. The van der Waals surface area contributed by atoms with Crippen molar-refractivity contribution in [3.8, 4) is 0 Å². The second-order valence-corrected chi connectivity index (χ2v) is 14.3. The van der Waals surface area contributed by atoms with Crippen LogP contribution in [0, 0.1) is 0 Å². The van der Waals surface area contributed by atoms with E-state index in [9.17, 15) is 14.4 Å². The first kappa shape index (κ1) is 51.6. The monoisotopic (exact) mass is 765 g/mol. The first-order valence-electron chi connectivity index (χ1n) is 22.2. The number of carbonyl (C=O) groups is 3. The van der Waals surface area contributed by atoms with Gasteiger partial charge in [0.15, 0.2) is 6.10 Å². The van der Waals surface area contributed by atoms with E-state index in [1.54, 1.807) is 0 Å². The van der Waals surface area contributed by atoms with E-state index in [4.69, 9.17) is 14.2 Å². The Morgan fingerprint density at radius 1 is 0.400 bits per heavy atom. The van der Waals surface area contributed by atoms with Crippen molar-refractivity contribution >= 4 is 17.9 Å². The molecule has 0 heterocycles. The summed E-state index contributed by atoms with van der Waals surface area (Å²) in [6, 6.07) is 0. The van der Waals surface area contributed by atoms with Crippen LogP contribution in [0.3, 0.4) is 0 Å². The molecule has 0 amide bonds. The van der Waals surface area contributed by atoms with E-state index in [1.807, 2.05) is 48.6 Å². The van der Waals surface area contributed by atoms with Gasteiger partial charge in [-0.1, -0.05) is 189 Å². The number of ether oxygens (including phenoxy) is 3. The minimum Gasteiger partial charge on any atom is -0.462 e. The predicted molar refractivity (Wildman–Crippen MR) is 233 cm³/mol. The standard InChI is InChI=1S/C49H80O6/c1-4-7-10-13-16-19-21-23-24-26-27-30-33-36-39-42-48(51)54-45-46(44-53-47(50)41-38-35-32-29-18-15-12-9-6-3)55-49(52)43-40-37-34-31-28-25-22-20-17-14-11-8-5-2/h7,9-10,12-13,16,18-19,21,23-24,26-27,29,46H,4-6,8,11,14-15,17,20,22,25,28,30-45H2,1-3H3/b10-7-,12-9-,16-13-,21-19-,24-23-,27-26-,29-18-. The van der Waals surface area contributed by atoms with Crippen LogP contribution in [0.25, 0.3) is 0 Å². The molecule has 0 aromatic heterocycles. The summed E-state index contributed by atoms with van der Waals surface area (Å²) in [5.74, 6) is -0.990. The highest BCUT2D eigenvalue weighted by Gasteiger charge is 2.19. The highest BCUT2D eigenvalue weighted by molar-refractivity contribution is 5.71. The van der Waals surface area contributed by atoms with Crippen LogP contribution in [0.1, 0.15) is 188 Å². The summed E-state index contributed by atoms with van der Waals surface area (Å²) in [5, 5.41) is 0. The summed E-state index contributed by atoms with van der Waals surface area (Å²) in [6.45, 7) is 6.27. The molecule has 0 fully saturated rings. The van der Waals surface area contributed by atoms with Gasteiger partial charge in [0.25, 0.3) is 0 Å². The first-order valence-corrected chi connectivity index (χ1v) is 22.2. The zero-order valence-electron chi connectivity index (χ0n) is 35.4. The molecule has 0 spiro atoms. The average molecular weight is 765 g/mol. The smallest absolute Gasteiger partial charge is 0.306 e. The van der Waals surface area contributed by atoms with Gasteiger partial charge in [-0.3, -0.25) is 14.4 Å². The number of rotatable bonds is 38. The van der Waals surface area contributed by atoms with Crippen LogP contribution in [-0.2, 0) is 28.6 Å². The van der Waals surface area contributed by atoms with Crippen molar-refractivity contribution in [3.05, 3.63) is 85.1 Å². The molecular weight excluding hydrogens is 685 g/mol. The first-order chi connectivity index (χ1) is 27.0. The Labute approximate surface area is 337 Å². The van der Waals surface area contributed by atoms with Crippen LogP contribution in [0.15, 0.2) is 85.1 Å². The quantitative estimate of drug-likeness (QED) is 0.0205. The van der Waals surface area contributed by atoms with Crippen LogP contribution < -0.4 is 0 Å². The normalized spacial score (nSPS) is 12.9. The lowest BCUT2D eigenvalue weighted by atomic mass is 10.0. The lowest BCUT2D eigenvalue weighted by Crippen LogP contribution is -2.30. The van der Waals surface area contributed by atoms with Crippen LogP contribution in [0.5, 0.6) is 0 Å². The van der Waals surface area contributed by atoms with Gasteiger partial charge in [-0.05, 0) is 64.2 Å². The molecule has 0 aliphatic rings. The van der Waals surface area contributed by atoms with Gasteiger partial charge in [-0.25, -0.2) is 0 Å².